The third-order valence-corrected chi connectivity index (χ3v) is 5.53. The molecule has 0 aliphatic carbocycles. The first-order valence-corrected chi connectivity index (χ1v) is 9.52. The largest absolute Gasteiger partial charge is 0.388 e. The molecule has 1 N–H and O–H groups in total. The SMILES string of the molecule is CNc1ccc(SN2CCN(c3cc(C(C)(F)F)cc(Cl)n3)CC2)cc1. The Kier molecular flexibility index (Phi) is 5.89. The summed E-state index contributed by atoms with van der Waals surface area (Å²) in [5, 5.41) is 3.20. The van der Waals surface area contributed by atoms with Gasteiger partial charge in [-0.1, -0.05) is 11.6 Å². The van der Waals surface area contributed by atoms with E-state index in [1.54, 1.807) is 11.9 Å². The van der Waals surface area contributed by atoms with Crippen LogP contribution in [0.3, 0.4) is 0 Å². The lowest BCUT2D eigenvalue weighted by Gasteiger charge is -2.35. The molecule has 1 aliphatic heterocycles. The quantitative estimate of drug-likeness (QED) is 0.582. The molecule has 0 unspecified atom stereocenters. The minimum Gasteiger partial charge on any atom is -0.388 e. The van der Waals surface area contributed by atoms with Crippen LogP contribution in [0, 0.1) is 0 Å². The van der Waals surface area contributed by atoms with Crippen LogP contribution in [0.15, 0.2) is 41.3 Å². The summed E-state index contributed by atoms with van der Waals surface area (Å²) in [6.45, 7) is 3.92. The predicted octanol–water partition coefficient (Wildman–Crippen LogP) is 4.72. The van der Waals surface area contributed by atoms with E-state index in [0.29, 0.717) is 18.9 Å². The van der Waals surface area contributed by atoms with Gasteiger partial charge in [-0.15, -0.1) is 0 Å². The van der Waals surface area contributed by atoms with Crippen LogP contribution >= 0.6 is 23.5 Å². The number of anilines is 2. The first-order valence-electron chi connectivity index (χ1n) is 8.37. The van der Waals surface area contributed by atoms with Crippen LogP contribution in [0.25, 0.3) is 0 Å². The predicted molar refractivity (Wildman–Crippen MR) is 104 cm³/mol. The van der Waals surface area contributed by atoms with Crippen molar-refractivity contribution in [3.8, 4) is 0 Å². The molecule has 0 radical (unpaired) electrons. The topological polar surface area (TPSA) is 31.4 Å². The van der Waals surface area contributed by atoms with E-state index in [0.717, 1.165) is 25.7 Å². The highest BCUT2D eigenvalue weighted by Gasteiger charge is 2.27. The number of aromatic nitrogens is 1. The van der Waals surface area contributed by atoms with Crippen molar-refractivity contribution in [2.24, 2.45) is 0 Å². The summed E-state index contributed by atoms with van der Waals surface area (Å²) in [4.78, 5) is 7.40. The molecule has 1 aromatic carbocycles. The van der Waals surface area contributed by atoms with E-state index in [1.165, 1.54) is 17.0 Å². The second-order valence-electron chi connectivity index (χ2n) is 6.21. The minimum atomic E-state index is -2.93. The molecule has 0 atom stereocenters. The summed E-state index contributed by atoms with van der Waals surface area (Å²) >= 11 is 7.65. The third kappa shape index (κ3) is 4.78. The molecule has 2 aromatic rings. The molecule has 1 aromatic heterocycles. The first kappa shape index (κ1) is 19.2. The van der Waals surface area contributed by atoms with Crippen LogP contribution < -0.4 is 10.2 Å². The molecule has 4 nitrogen and oxygen atoms in total. The Bertz CT molecular complexity index is 744. The van der Waals surface area contributed by atoms with Crippen LogP contribution in [-0.2, 0) is 5.92 Å². The monoisotopic (exact) mass is 398 g/mol. The number of hydrogen-bond acceptors (Lipinski definition) is 5. The molecule has 2 heterocycles. The molecule has 0 amide bonds. The maximum absolute atomic E-state index is 13.6. The molecule has 140 valence electrons. The highest BCUT2D eigenvalue weighted by Crippen LogP contribution is 2.32. The third-order valence-electron chi connectivity index (χ3n) is 4.23. The van der Waals surface area contributed by atoms with Crippen molar-refractivity contribution in [3.05, 3.63) is 47.1 Å². The van der Waals surface area contributed by atoms with Gasteiger partial charge < -0.3 is 10.2 Å². The Labute approximate surface area is 161 Å². The number of rotatable bonds is 5. The number of hydrogen-bond donors (Lipinski definition) is 1. The summed E-state index contributed by atoms with van der Waals surface area (Å²) in [6.07, 6.45) is 0. The lowest BCUT2D eigenvalue weighted by atomic mass is 10.1. The molecule has 8 heteroatoms. The van der Waals surface area contributed by atoms with Crippen molar-refractivity contribution in [3.63, 3.8) is 0 Å². The lowest BCUT2D eigenvalue weighted by molar-refractivity contribution is 0.0174. The van der Waals surface area contributed by atoms with Crippen molar-refractivity contribution >= 4 is 35.1 Å². The lowest BCUT2D eigenvalue weighted by Crippen LogP contribution is -2.43. The Balaban J connectivity index is 1.62. The Morgan fingerprint density at radius 1 is 1.12 bits per heavy atom. The average molecular weight is 399 g/mol. The van der Waals surface area contributed by atoms with Crippen LogP contribution in [-0.4, -0.2) is 42.5 Å². The standard InChI is InChI=1S/C18H21ClF2N4S/c1-18(20,21)13-11-16(19)23-17(12-13)24-7-9-25(10-8-24)26-15-5-3-14(22-2)4-6-15/h3-6,11-12,22H,7-10H2,1-2H3. The molecule has 0 spiro atoms. The molecule has 1 aliphatic rings. The number of nitrogens with one attached hydrogen (secondary N) is 1. The van der Waals surface area contributed by atoms with Gasteiger partial charge in [0.2, 0.25) is 0 Å². The van der Waals surface area contributed by atoms with Gasteiger partial charge in [-0.2, -0.15) is 0 Å². The van der Waals surface area contributed by atoms with E-state index in [1.807, 2.05) is 24.1 Å². The summed E-state index contributed by atoms with van der Waals surface area (Å²) in [5.74, 6) is -2.42. The first-order chi connectivity index (χ1) is 12.3. The Hall–Kier alpha value is -1.57. The van der Waals surface area contributed by atoms with E-state index < -0.39 is 5.92 Å². The zero-order chi connectivity index (χ0) is 18.7. The number of piperazine rings is 1. The molecule has 26 heavy (non-hydrogen) atoms. The van der Waals surface area contributed by atoms with Gasteiger partial charge in [-0.3, -0.25) is 0 Å². The fourth-order valence-electron chi connectivity index (χ4n) is 2.74. The van der Waals surface area contributed by atoms with E-state index in [-0.39, 0.29) is 10.7 Å². The number of nitrogens with zero attached hydrogens (tertiary/aromatic N) is 3. The summed E-state index contributed by atoms with van der Waals surface area (Å²) in [6, 6.07) is 10.9. The van der Waals surface area contributed by atoms with Gasteiger partial charge in [0.15, 0.2) is 0 Å². The second-order valence-corrected chi connectivity index (χ2v) is 7.76. The maximum Gasteiger partial charge on any atom is 0.270 e. The van der Waals surface area contributed by atoms with Crippen molar-refractivity contribution < 1.29 is 8.78 Å². The molecule has 3 rings (SSSR count). The summed E-state index contributed by atoms with van der Waals surface area (Å²) in [7, 11) is 1.89. The molecular formula is C18H21ClF2N4S. The van der Waals surface area contributed by atoms with Gasteiger partial charge in [-0.05, 0) is 48.3 Å². The van der Waals surface area contributed by atoms with E-state index >= 15 is 0 Å². The molecular weight excluding hydrogens is 378 g/mol. The van der Waals surface area contributed by atoms with Gasteiger partial charge >= 0.3 is 0 Å². The van der Waals surface area contributed by atoms with Crippen molar-refractivity contribution in [2.75, 3.05) is 43.4 Å². The van der Waals surface area contributed by atoms with Gasteiger partial charge in [0, 0.05) is 56.3 Å². The number of benzene rings is 1. The number of halogens is 3. The van der Waals surface area contributed by atoms with E-state index in [9.17, 15) is 8.78 Å². The highest BCUT2D eigenvalue weighted by molar-refractivity contribution is 7.97. The minimum absolute atomic E-state index is 0.0976. The zero-order valence-electron chi connectivity index (χ0n) is 14.7. The van der Waals surface area contributed by atoms with Gasteiger partial charge in [-0.25, -0.2) is 18.1 Å². The molecule has 0 saturated carbocycles. The smallest absolute Gasteiger partial charge is 0.270 e. The number of alkyl halides is 2. The van der Waals surface area contributed by atoms with Gasteiger partial charge in [0.05, 0.1) is 0 Å². The van der Waals surface area contributed by atoms with Crippen molar-refractivity contribution in [1.82, 2.24) is 9.29 Å². The molecule has 1 saturated heterocycles. The van der Waals surface area contributed by atoms with Crippen molar-refractivity contribution in [1.29, 1.82) is 0 Å². The zero-order valence-corrected chi connectivity index (χ0v) is 16.2. The van der Waals surface area contributed by atoms with Crippen LogP contribution in [0.4, 0.5) is 20.3 Å². The summed E-state index contributed by atoms with van der Waals surface area (Å²) < 4.78 is 29.5. The Morgan fingerprint density at radius 2 is 1.77 bits per heavy atom. The van der Waals surface area contributed by atoms with Gasteiger partial charge in [0.1, 0.15) is 11.0 Å². The second kappa shape index (κ2) is 7.98. The fourth-order valence-corrected chi connectivity index (χ4v) is 3.84. The molecule has 0 bridgehead atoms. The fraction of sp³-hybridized carbons (Fsp3) is 0.389. The highest BCUT2D eigenvalue weighted by atomic mass is 35.5. The van der Waals surface area contributed by atoms with Crippen LogP contribution in [0.5, 0.6) is 0 Å². The van der Waals surface area contributed by atoms with E-state index in [2.05, 4.69) is 26.7 Å². The summed E-state index contributed by atoms with van der Waals surface area (Å²) in [5.41, 5.74) is 0.976. The van der Waals surface area contributed by atoms with Gasteiger partial charge in [0.25, 0.3) is 5.92 Å². The van der Waals surface area contributed by atoms with Crippen LogP contribution in [0.1, 0.15) is 12.5 Å². The maximum atomic E-state index is 13.6. The normalized spacial score (nSPS) is 16.0. The number of pyridine rings is 1. The van der Waals surface area contributed by atoms with E-state index in [4.69, 9.17) is 11.6 Å². The Morgan fingerprint density at radius 3 is 2.35 bits per heavy atom. The van der Waals surface area contributed by atoms with Crippen LogP contribution in [0.2, 0.25) is 5.15 Å². The van der Waals surface area contributed by atoms with Crippen molar-refractivity contribution in [2.45, 2.75) is 17.7 Å². The molecule has 1 fully saturated rings. The average Bonchev–Trinajstić information content (AvgIpc) is 2.62.